The van der Waals surface area contributed by atoms with Crippen molar-refractivity contribution in [3.8, 4) is 11.5 Å². The van der Waals surface area contributed by atoms with Gasteiger partial charge in [-0.25, -0.2) is 0 Å². The number of anilines is 2. The molecule has 0 saturated carbocycles. The lowest BCUT2D eigenvalue weighted by Gasteiger charge is -2.18. The predicted octanol–water partition coefficient (Wildman–Crippen LogP) is 4.69. The van der Waals surface area contributed by atoms with Crippen LogP contribution in [-0.4, -0.2) is 19.6 Å². The van der Waals surface area contributed by atoms with E-state index in [9.17, 15) is 4.79 Å². The predicted molar refractivity (Wildman–Crippen MR) is 119 cm³/mol. The molecule has 0 radical (unpaired) electrons. The molecule has 4 rings (SSSR count). The Morgan fingerprint density at radius 2 is 1.87 bits per heavy atom. The molecule has 1 aliphatic rings. The molecule has 1 fully saturated rings. The highest BCUT2D eigenvalue weighted by atomic mass is 16.5. The van der Waals surface area contributed by atoms with E-state index < -0.39 is 0 Å². The number of methoxy groups -OCH3 is 1. The SMILES string of the molecule is COc1ccc(C2CC(=O)N(c3cccc(N)c3)C2)cc1OCc1cccc(C)c1. The van der Waals surface area contributed by atoms with Crippen LogP contribution in [0.1, 0.15) is 29.0 Å². The highest BCUT2D eigenvalue weighted by molar-refractivity contribution is 5.96. The molecule has 1 heterocycles. The van der Waals surface area contributed by atoms with E-state index in [0.717, 1.165) is 16.8 Å². The number of rotatable bonds is 6. The van der Waals surface area contributed by atoms with E-state index in [2.05, 4.69) is 19.1 Å². The number of nitrogens with zero attached hydrogens (tertiary/aromatic N) is 1. The van der Waals surface area contributed by atoms with Gasteiger partial charge in [-0.1, -0.05) is 42.0 Å². The fourth-order valence-electron chi connectivity index (χ4n) is 3.90. The van der Waals surface area contributed by atoms with Crippen molar-refractivity contribution in [3.63, 3.8) is 0 Å². The fourth-order valence-corrected chi connectivity index (χ4v) is 3.90. The summed E-state index contributed by atoms with van der Waals surface area (Å²) in [6.07, 6.45) is 0.457. The molecule has 30 heavy (non-hydrogen) atoms. The van der Waals surface area contributed by atoms with Crippen molar-refractivity contribution in [2.45, 2.75) is 25.9 Å². The summed E-state index contributed by atoms with van der Waals surface area (Å²) in [6.45, 7) is 3.14. The van der Waals surface area contributed by atoms with Crippen LogP contribution in [0.2, 0.25) is 0 Å². The first-order valence-corrected chi connectivity index (χ1v) is 10.1. The van der Waals surface area contributed by atoms with Gasteiger partial charge in [-0.05, 0) is 48.4 Å². The molecule has 0 bridgehead atoms. The van der Waals surface area contributed by atoms with Gasteiger partial charge in [-0.3, -0.25) is 4.79 Å². The molecule has 154 valence electrons. The van der Waals surface area contributed by atoms with Gasteiger partial charge >= 0.3 is 0 Å². The minimum Gasteiger partial charge on any atom is -0.493 e. The van der Waals surface area contributed by atoms with Gasteiger partial charge in [0.25, 0.3) is 0 Å². The maximum Gasteiger partial charge on any atom is 0.227 e. The van der Waals surface area contributed by atoms with E-state index in [0.29, 0.717) is 36.8 Å². The van der Waals surface area contributed by atoms with Crippen molar-refractivity contribution in [1.82, 2.24) is 0 Å². The van der Waals surface area contributed by atoms with Gasteiger partial charge in [0, 0.05) is 30.3 Å². The fraction of sp³-hybridized carbons (Fsp3) is 0.240. The third-order valence-electron chi connectivity index (χ3n) is 5.44. The minimum atomic E-state index is 0.0890. The van der Waals surface area contributed by atoms with Crippen LogP contribution in [0.3, 0.4) is 0 Å². The van der Waals surface area contributed by atoms with Gasteiger partial charge in [0.15, 0.2) is 11.5 Å². The van der Waals surface area contributed by atoms with Crippen LogP contribution in [-0.2, 0) is 11.4 Å². The topological polar surface area (TPSA) is 64.8 Å². The Morgan fingerprint density at radius 1 is 1.03 bits per heavy atom. The summed E-state index contributed by atoms with van der Waals surface area (Å²) in [7, 11) is 1.63. The third kappa shape index (κ3) is 4.25. The molecule has 3 aromatic carbocycles. The van der Waals surface area contributed by atoms with Crippen LogP contribution in [0.25, 0.3) is 0 Å². The molecule has 1 unspecified atom stereocenters. The molecule has 0 aliphatic carbocycles. The standard InChI is InChI=1S/C25H26N2O3/c1-17-5-3-6-18(11-17)16-30-24-12-19(9-10-23(24)29-2)20-13-25(28)27(15-20)22-8-4-7-21(26)14-22/h3-12,14,20H,13,15-16,26H2,1-2H3. The Balaban J connectivity index is 1.53. The van der Waals surface area contributed by atoms with E-state index in [1.54, 1.807) is 12.0 Å². The monoisotopic (exact) mass is 402 g/mol. The van der Waals surface area contributed by atoms with Crippen molar-refractivity contribution in [1.29, 1.82) is 0 Å². The Hall–Kier alpha value is -3.47. The molecule has 2 N–H and O–H groups in total. The summed E-state index contributed by atoms with van der Waals surface area (Å²) in [5.41, 5.74) is 10.7. The van der Waals surface area contributed by atoms with Crippen LogP contribution >= 0.6 is 0 Å². The largest absolute Gasteiger partial charge is 0.493 e. The smallest absolute Gasteiger partial charge is 0.227 e. The molecule has 5 nitrogen and oxygen atoms in total. The molecule has 1 aliphatic heterocycles. The first-order valence-electron chi connectivity index (χ1n) is 10.1. The lowest BCUT2D eigenvalue weighted by Crippen LogP contribution is -2.24. The van der Waals surface area contributed by atoms with Gasteiger partial charge in [-0.15, -0.1) is 0 Å². The van der Waals surface area contributed by atoms with Gasteiger partial charge in [-0.2, -0.15) is 0 Å². The zero-order chi connectivity index (χ0) is 21.1. The molecular formula is C25H26N2O3. The molecule has 1 atom stereocenters. The lowest BCUT2D eigenvalue weighted by molar-refractivity contribution is -0.117. The molecule has 0 aromatic heterocycles. The Labute approximate surface area is 177 Å². The van der Waals surface area contributed by atoms with Crippen molar-refractivity contribution < 1.29 is 14.3 Å². The normalized spacial score (nSPS) is 16.0. The lowest BCUT2D eigenvalue weighted by atomic mass is 9.98. The van der Waals surface area contributed by atoms with Crippen molar-refractivity contribution >= 4 is 17.3 Å². The van der Waals surface area contributed by atoms with Crippen molar-refractivity contribution in [3.05, 3.63) is 83.4 Å². The van der Waals surface area contributed by atoms with E-state index in [1.807, 2.05) is 54.6 Å². The third-order valence-corrected chi connectivity index (χ3v) is 5.44. The molecule has 5 heteroatoms. The Bertz CT molecular complexity index is 1060. The number of benzene rings is 3. The van der Waals surface area contributed by atoms with Crippen LogP contribution in [0.4, 0.5) is 11.4 Å². The number of ether oxygens (including phenoxy) is 2. The van der Waals surface area contributed by atoms with Gasteiger partial charge in [0.2, 0.25) is 5.91 Å². The van der Waals surface area contributed by atoms with Crippen LogP contribution in [0, 0.1) is 6.92 Å². The van der Waals surface area contributed by atoms with E-state index in [1.165, 1.54) is 5.56 Å². The first-order chi connectivity index (χ1) is 14.5. The summed E-state index contributed by atoms with van der Waals surface area (Å²) in [5, 5.41) is 0. The highest BCUT2D eigenvalue weighted by Crippen LogP contribution is 2.37. The van der Waals surface area contributed by atoms with Crippen LogP contribution in [0.5, 0.6) is 11.5 Å². The summed E-state index contributed by atoms with van der Waals surface area (Å²) in [5.74, 6) is 1.56. The average molecular weight is 402 g/mol. The summed E-state index contributed by atoms with van der Waals surface area (Å²) in [6, 6.07) is 21.6. The second-order valence-electron chi connectivity index (χ2n) is 7.69. The first kappa shape index (κ1) is 19.8. The zero-order valence-corrected chi connectivity index (χ0v) is 17.3. The highest BCUT2D eigenvalue weighted by Gasteiger charge is 2.32. The maximum absolute atomic E-state index is 12.6. The van der Waals surface area contributed by atoms with E-state index >= 15 is 0 Å². The Morgan fingerprint density at radius 3 is 2.63 bits per heavy atom. The van der Waals surface area contributed by atoms with Gasteiger partial charge < -0.3 is 20.1 Å². The number of carbonyl (C=O) groups excluding carboxylic acids is 1. The molecule has 1 saturated heterocycles. The second kappa shape index (κ2) is 8.49. The van der Waals surface area contributed by atoms with Crippen molar-refractivity contribution in [2.24, 2.45) is 0 Å². The minimum absolute atomic E-state index is 0.0890. The van der Waals surface area contributed by atoms with E-state index in [-0.39, 0.29) is 11.8 Å². The maximum atomic E-state index is 12.6. The molecule has 0 spiro atoms. The summed E-state index contributed by atoms with van der Waals surface area (Å²) in [4.78, 5) is 14.5. The van der Waals surface area contributed by atoms with Crippen LogP contribution < -0.4 is 20.1 Å². The molecule has 1 amide bonds. The molecular weight excluding hydrogens is 376 g/mol. The zero-order valence-electron chi connectivity index (χ0n) is 17.3. The Kier molecular flexibility index (Phi) is 5.61. The summed E-state index contributed by atoms with van der Waals surface area (Å²) < 4.78 is 11.6. The number of nitrogens with two attached hydrogens (primary N) is 1. The quantitative estimate of drug-likeness (QED) is 0.608. The number of amides is 1. The number of hydrogen-bond acceptors (Lipinski definition) is 4. The van der Waals surface area contributed by atoms with Crippen molar-refractivity contribution in [2.75, 3.05) is 24.3 Å². The second-order valence-corrected chi connectivity index (χ2v) is 7.69. The molecule has 3 aromatic rings. The summed E-state index contributed by atoms with van der Waals surface area (Å²) >= 11 is 0. The van der Waals surface area contributed by atoms with Gasteiger partial charge in [0.1, 0.15) is 6.61 Å². The number of nitrogen functional groups attached to an aromatic ring is 1. The number of hydrogen-bond donors (Lipinski definition) is 1. The average Bonchev–Trinajstić information content (AvgIpc) is 3.14. The van der Waals surface area contributed by atoms with E-state index in [4.69, 9.17) is 15.2 Å². The van der Waals surface area contributed by atoms with Crippen LogP contribution in [0.15, 0.2) is 66.7 Å². The number of aryl methyl sites for hydroxylation is 1. The number of carbonyl (C=O) groups is 1. The van der Waals surface area contributed by atoms with Gasteiger partial charge in [0.05, 0.1) is 7.11 Å².